The van der Waals surface area contributed by atoms with E-state index in [-0.39, 0.29) is 16.8 Å². The van der Waals surface area contributed by atoms with Gasteiger partial charge in [-0.05, 0) is 18.9 Å². The van der Waals surface area contributed by atoms with E-state index in [1.54, 1.807) is 11.0 Å². The molecule has 1 saturated heterocycles. The summed E-state index contributed by atoms with van der Waals surface area (Å²) in [5, 5.41) is 3.32. The number of amides is 1. The molecule has 5 rings (SSSR count). The number of thiazole rings is 1. The molecule has 0 atom stereocenters. The molecular weight excluding hydrogens is 481 g/mol. The lowest BCUT2D eigenvalue weighted by atomic mass is 9.96. The molecule has 1 N–H and O–H groups in total. The zero-order valence-corrected chi connectivity index (χ0v) is 18.7. The van der Waals surface area contributed by atoms with Crippen LogP contribution in [0.5, 0.6) is 11.5 Å². The second-order valence-corrected chi connectivity index (χ2v) is 9.20. The maximum absolute atomic E-state index is 12.8. The van der Waals surface area contributed by atoms with E-state index in [1.165, 1.54) is 11.3 Å². The molecule has 7 nitrogen and oxygen atoms in total. The largest absolute Gasteiger partial charge is 0.486 e. The van der Waals surface area contributed by atoms with Gasteiger partial charge in [-0.1, -0.05) is 22.9 Å². The Morgan fingerprint density at radius 1 is 1.15 bits per heavy atom. The smallest absolute Gasteiger partial charge is 0.417 e. The first-order valence-corrected chi connectivity index (χ1v) is 11.5. The van der Waals surface area contributed by atoms with Crippen LogP contribution in [0, 0.1) is 5.92 Å². The summed E-state index contributed by atoms with van der Waals surface area (Å²) in [6.45, 7) is 1.89. The zero-order chi connectivity index (χ0) is 23.2. The molecule has 0 spiro atoms. The highest BCUT2D eigenvalue weighted by Gasteiger charge is 2.33. The van der Waals surface area contributed by atoms with Crippen LogP contribution in [0.4, 0.5) is 24.1 Å². The summed E-state index contributed by atoms with van der Waals surface area (Å²) >= 11 is 7.41. The minimum Gasteiger partial charge on any atom is -0.486 e. The SMILES string of the molecule is O=C(Nc1nc2cc3c(cc2s1)OCCO3)C1CCN(c2ncc(C(F)(F)F)cc2Cl)CC1. The average Bonchev–Trinajstić information content (AvgIpc) is 3.17. The van der Waals surface area contributed by atoms with Crippen LogP contribution in [0.15, 0.2) is 24.4 Å². The van der Waals surface area contributed by atoms with Crippen LogP contribution >= 0.6 is 22.9 Å². The van der Waals surface area contributed by atoms with Crippen LogP contribution in [0.3, 0.4) is 0 Å². The Morgan fingerprint density at radius 2 is 1.85 bits per heavy atom. The number of benzene rings is 1. The molecule has 4 heterocycles. The van der Waals surface area contributed by atoms with Crippen molar-refractivity contribution in [3.05, 3.63) is 35.0 Å². The highest BCUT2D eigenvalue weighted by atomic mass is 35.5. The standard InChI is InChI=1S/C21H18ClF3N4O3S/c22-13-7-12(21(23,24)25)10-26-18(13)29-3-1-11(2-4-29)19(30)28-20-27-14-8-15-16(9-17(14)33-20)32-6-5-31-15/h7-11H,1-6H2,(H,27,28,30). The number of fused-ring (bicyclic) bond motifs is 2. The molecule has 1 aromatic carbocycles. The van der Waals surface area contributed by atoms with E-state index < -0.39 is 11.7 Å². The monoisotopic (exact) mass is 498 g/mol. The molecule has 0 radical (unpaired) electrons. The normalized spacial score (nSPS) is 16.8. The fourth-order valence-corrected chi connectivity index (χ4v) is 5.06. The third-order valence-electron chi connectivity index (χ3n) is 5.60. The Balaban J connectivity index is 1.22. The van der Waals surface area contributed by atoms with Gasteiger partial charge in [-0.3, -0.25) is 4.79 Å². The minimum atomic E-state index is -4.50. The Bertz CT molecular complexity index is 1170. The van der Waals surface area contributed by atoms with Gasteiger partial charge in [-0.2, -0.15) is 13.2 Å². The van der Waals surface area contributed by atoms with E-state index in [4.69, 9.17) is 21.1 Å². The second-order valence-electron chi connectivity index (χ2n) is 7.76. The molecule has 174 valence electrons. The third kappa shape index (κ3) is 4.51. The van der Waals surface area contributed by atoms with Gasteiger partial charge in [0.1, 0.15) is 19.0 Å². The van der Waals surface area contributed by atoms with Gasteiger partial charge in [0.05, 0.1) is 20.8 Å². The number of anilines is 2. The molecule has 0 bridgehead atoms. The molecule has 0 aliphatic carbocycles. The van der Waals surface area contributed by atoms with Crippen LogP contribution in [0.25, 0.3) is 10.2 Å². The molecular formula is C21H18ClF3N4O3S. The van der Waals surface area contributed by atoms with Crippen molar-refractivity contribution < 1.29 is 27.4 Å². The predicted octanol–water partition coefficient (Wildman–Crippen LogP) is 4.99. The fourth-order valence-electron chi connectivity index (χ4n) is 3.90. The van der Waals surface area contributed by atoms with E-state index in [9.17, 15) is 18.0 Å². The van der Waals surface area contributed by atoms with Crippen molar-refractivity contribution in [2.45, 2.75) is 19.0 Å². The molecule has 2 aliphatic rings. The van der Waals surface area contributed by atoms with Gasteiger partial charge in [0.15, 0.2) is 16.6 Å². The van der Waals surface area contributed by atoms with E-state index in [2.05, 4.69) is 15.3 Å². The zero-order valence-electron chi connectivity index (χ0n) is 17.1. The van der Waals surface area contributed by atoms with Crippen molar-refractivity contribution in [2.24, 2.45) is 5.92 Å². The molecule has 1 fully saturated rings. The Morgan fingerprint density at radius 3 is 2.52 bits per heavy atom. The highest BCUT2D eigenvalue weighted by Crippen LogP contribution is 2.38. The summed E-state index contributed by atoms with van der Waals surface area (Å²) in [6.07, 6.45) is -2.68. The van der Waals surface area contributed by atoms with Crippen LogP contribution in [0.2, 0.25) is 5.02 Å². The van der Waals surface area contributed by atoms with Crippen LogP contribution in [0.1, 0.15) is 18.4 Å². The minimum absolute atomic E-state index is 0.0575. The lowest BCUT2D eigenvalue weighted by molar-refractivity contribution is -0.137. The van der Waals surface area contributed by atoms with E-state index >= 15 is 0 Å². The number of pyridine rings is 1. The van der Waals surface area contributed by atoms with Gasteiger partial charge in [0, 0.05) is 37.3 Å². The maximum atomic E-state index is 12.8. The lowest BCUT2D eigenvalue weighted by Gasteiger charge is -2.32. The number of piperidine rings is 1. The topological polar surface area (TPSA) is 76.6 Å². The number of nitrogens with one attached hydrogen (secondary N) is 1. The number of carbonyl (C=O) groups excluding carboxylic acids is 1. The summed E-state index contributed by atoms with van der Waals surface area (Å²) in [5.74, 6) is 1.21. The third-order valence-corrected chi connectivity index (χ3v) is 6.81. The van der Waals surface area contributed by atoms with Gasteiger partial charge >= 0.3 is 6.18 Å². The summed E-state index contributed by atoms with van der Waals surface area (Å²) in [4.78, 5) is 23.0. The molecule has 3 aromatic rings. The predicted molar refractivity (Wildman–Crippen MR) is 118 cm³/mol. The van der Waals surface area contributed by atoms with Crippen molar-refractivity contribution >= 4 is 50.0 Å². The van der Waals surface area contributed by atoms with Crippen molar-refractivity contribution in [3.8, 4) is 11.5 Å². The number of nitrogens with zero attached hydrogens (tertiary/aromatic N) is 3. The molecule has 33 heavy (non-hydrogen) atoms. The molecule has 12 heteroatoms. The Kier molecular flexibility index (Phi) is 5.69. The number of aromatic nitrogens is 2. The van der Waals surface area contributed by atoms with Crippen LogP contribution in [-0.4, -0.2) is 42.2 Å². The van der Waals surface area contributed by atoms with Crippen molar-refractivity contribution in [2.75, 3.05) is 36.5 Å². The van der Waals surface area contributed by atoms with E-state index in [0.29, 0.717) is 61.6 Å². The number of rotatable bonds is 3. The number of hydrogen-bond donors (Lipinski definition) is 1. The van der Waals surface area contributed by atoms with Gasteiger partial charge in [0.2, 0.25) is 5.91 Å². The first kappa shape index (κ1) is 22.0. The van der Waals surface area contributed by atoms with Gasteiger partial charge in [-0.15, -0.1) is 0 Å². The summed E-state index contributed by atoms with van der Waals surface area (Å²) in [5.41, 5.74) is -0.169. The second kappa shape index (κ2) is 8.53. The quantitative estimate of drug-likeness (QED) is 0.548. The average molecular weight is 499 g/mol. The number of halogens is 4. The van der Waals surface area contributed by atoms with E-state index in [0.717, 1.165) is 22.5 Å². The van der Waals surface area contributed by atoms with Crippen LogP contribution in [-0.2, 0) is 11.0 Å². The first-order chi connectivity index (χ1) is 15.8. The number of ether oxygens (including phenoxy) is 2. The van der Waals surface area contributed by atoms with E-state index in [1.807, 2.05) is 6.07 Å². The number of alkyl halides is 3. The van der Waals surface area contributed by atoms with Crippen molar-refractivity contribution in [1.82, 2.24) is 9.97 Å². The molecule has 2 aromatic heterocycles. The van der Waals surface area contributed by atoms with Crippen LogP contribution < -0.4 is 19.7 Å². The number of carbonyl (C=O) groups is 1. The fraction of sp³-hybridized carbons (Fsp3) is 0.381. The summed E-state index contributed by atoms with van der Waals surface area (Å²) in [6, 6.07) is 4.54. The van der Waals surface area contributed by atoms with Gasteiger partial charge in [0.25, 0.3) is 0 Å². The van der Waals surface area contributed by atoms with Crippen molar-refractivity contribution in [1.29, 1.82) is 0 Å². The molecule has 1 amide bonds. The van der Waals surface area contributed by atoms with Gasteiger partial charge in [-0.25, -0.2) is 9.97 Å². The molecule has 2 aliphatic heterocycles. The highest BCUT2D eigenvalue weighted by molar-refractivity contribution is 7.22. The summed E-state index contributed by atoms with van der Waals surface area (Å²) < 4.78 is 50.5. The lowest BCUT2D eigenvalue weighted by Crippen LogP contribution is -2.38. The van der Waals surface area contributed by atoms with Gasteiger partial charge < -0.3 is 19.7 Å². The maximum Gasteiger partial charge on any atom is 0.417 e. The molecule has 0 unspecified atom stereocenters. The number of hydrogen-bond acceptors (Lipinski definition) is 7. The first-order valence-electron chi connectivity index (χ1n) is 10.3. The summed E-state index contributed by atoms with van der Waals surface area (Å²) in [7, 11) is 0. The Labute approximate surface area is 195 Å². The Hall–Kier alpha value is -2.79. The molecule has 0 saturated carbocycles. The van der Waals surface area contributed by atoms with Crippen molar-refractivity contribution in [3.63, 3.8) is 0 Å².